The van der Waals surface area contributed by atoms with E-state index in [0.717, 1.165) is 24.2 Å². The Bertz CT molecular complexity index is 266. The van der Waals surface area contributed by atoms with Crippen molar-refractivity contribution in [3.05, 3.63) is 0 Å². The van der Waals surface area contributed by atoms with Gasteiger partial charge in [0.25, 0.3) is 0 Å². The van der Waals surface area contributed by atoms with Crippen molar-refractivity contribution < 1.29 is 5.11 Å². The second kappa shape index (κ2) is 5.92. The average molecular weight is 253 g/mol. The van der Waals surface area contributed by atoms with Crippen molar-refractivity contribution in [2.75, 3.05) is 6.54 Å². The predicted molar refractivity (Wildman–Crippen MR) is 76.5 cm³/mol. The van der Waals surface area contributed by atoms with E-state index in [4.69, 9.17) is 0 Å². The fourth-order valence-corrected chi connectivity index (χ4v) is 3.96. The molecule has 1 heterocycles. The average Bonchev–Trinajstić information content (AvgIpc) is 2.33. The zero-order valence-corrected chi connectivity index (χ0v) is 12.6. The smallest absolute Gasteiger partial charge is 0.0695 e. The maximum Gasteiger partial charge on any atom is 0.0695 e. The van der Waals surface area contributed by atoms with E-state index in [1.165, 1.54) is 32.2 Å². The van der Waals surface area contributed by atoms with Crippen LogP contribution in [-0.4, -0.2) is 34.7 Å². The quantitative estimate of drug-likeness (QED) is 0.816. The van der Waals surface area contributed by atoms with Gasteiger partial charge in [-0.15, -0.1) is 0 Å². The number of hydrogen-bond donors (Lipinski definition) is 1. The minimum absolute atomic E-state index is 0.0900. The molecule has 0 bridgehead atoms. The topological polar surface area (TPSA) is 23.5 Å². The summed E-state index contributed by atoms with van der Waals surface area (Å²) in [6.45, 7) is 10.6. The Morgan fingerprint density at radius 2 is 1.83 bits per heavy atom. The molecule has 18 heavy (non-hydrogen) atoms. The van der Waals surface area contributed by atoms with Gasteiger partial charge in [-0.05, 0) is 63.3 Å². The number of nitrogens with zero attached hydrogens (tertiary/aromatic N) is 1. The highest BCUT2D eigenvalue weighted by Gasteiger charge is 2.38. The molecule has 1 aliphatic carbocycles. The number of hydrogen-bond acceptors (Lipinski definition) is 2. The molecule has 2 heteroatoms. The summed E-state index contributed by atoms with van der Waals surface area (Å²) in [5, 5.41) is 10.4. The monoisotopic (exact) mass is 253 g/mol. The van der Waals surface area contributed by atoms with Crippen LogP contribution in [0, 0.1) is 17.8 Å². The SMILES string of the molecule is CC(C)C1CCC(O)C(N2CCCC(C)C2C)C1. The number of rotatable bonds is 2. The third kappa shape index (κ3) is 2.91. The van der Waals surface area contributed by atoms with Crippen LogP contribution in [-0.2, 0) is 0 Å². The van der Waals surface area contributed by atoms with Gasteiger partial charge < -0.3 is 5.11 Å². The van der Waals surface area contributed by atoms with E-state index in [0.29, 0.717) is 12.1 Å². The zero-order valence-electron chi connectivity index (χ0n) is 12.6. The van der Waals surface area contributed by atoms with E-state index in [2.05, 4.69) is 32.6 Å². The molecule has 0 aromatic rings. The Hall–Kier alpha value is -0.0800. The van der Waals surface area contributed by atoms with Crippen molar-refractivity contribution in [1.82, 2.24) is 4.90 Å². The molecule has 5 atom stereocenters. The lowest BCUT2D eigenvalue weighted by atomic mass is 9.76. The van der Waals surface area contributed by atoms with Gasteiger partial charge in [-0.2, -0.15) is 0 Å². The second-order valence-corrected chi connectivity index (χ2v) is 7.05. The Balaban J connectivity index is 2.04. The largest absolute Gasteiger partial charge is 0.391 e. The highest BCUT2D eigenvalue weighted by molar-refractivity contribution is 4.92. The fraction of sp³-hybridized carbons (Fsp3) is 1.00. The molecule has 1 saturated carbocycles. The molecule has 5 unspecified atom stereocenters. The molecule has 0 amide bonds. The molecule has 2 aliphatic rings. The Morgan fingerprint density at radius 3 is 2.50 bits per heavy atom. The molecule has 2 nitrogen and oxygen atoms in total. The number of likely N-dealkylation sites (tertiary alicyclic amines) is 1. The van der Waals surface area contributed by atoms with Crippen LogP contribution in [0.5, 0.6) is 0 Å². The predicted octanol–water partition coefficient (Wildman–Crippen LogP) is 3.29. The van der Waals surface area contributed by atoms with Crippen LogP contribution in [0.15, 0.2) is 0 Å². The molecule has 106 valence electrons. The van der Waals surface area contributed by atoms with Crippen LogP contribution < -0.4 is 0 Å². The maximum absolute atomic E-state index is 10.4. The van der Waals surface area contributed by atoms with Crippen LogP contribution in [0.3, 0.4) is 0 Å². The van der Waals surface area contributed by atoms with Crippen molar-refractivity contribution >= 4 is 0 Å². The van der Waals surface area contributed by atoms with Gasteiger partial charge in [0, 0.05) is 12.1 Å². The maximum atomic E-state index is 10.4. The molecule has 0 aromatic heterocycles. The molecule has 1 aliphatic heterocycles. The van der Waals surface area contributed by atoms with Crippen LogP contribution >= 0.6 is 0 Å². The number of piperidine rings is 1. The Labute approximate surface area is 113 Å². The van der Waals surface area contributed by atoms with Crippen molar-refractivity contribution in [3.63, 3.8) is 0 Å². The summed E-state index contributed by atoms with van der Waals surface area (Å²) in [6, 6.07) is 1.06. The Morgan fingerprint density at radius 1 is 1.11 bits per heavy atom. The molecule has 1 N–H and O–H groups in total. The zero-order chi connectivity index (χ0) is 13.3. The Kier molecular flexibility index (Phi) is 4.71. The van der Waals surface area contributed by atoms with Gasteiger partial charge in [-0.3, -0.25) is 4.90 Å². The van der Waals surface area contributed by atoms with Crippen LogP contribution in [0.2, 0.25) is 0 Å². The van der Waals surface area contributed by atoms with Crippen LogP contribution in [0.25, 0.3) is 0 Å². The summed E-state index contributed by atoms with van der Waals surface area (Å²) in [6.07, 6.45) is 6.00. The van der Waals surface area contributed by atoms with Gasteiger partial charge in [-0.25, -0.2) is 0 Å². The normalized spacial score (nSPS) is 43.3. The third-order valence-electron chi connectivity index (χ3n) is 5.61. The van der Waals surface area contributed by atoms with Gasteiger partial charge in [-0.1, -0.05) is 20.8 Å². The summed E-state index contributed by atoms with van der Waals surface area (Å²) in [5.41, 5.74) is 0. The number of aliphatic hydroxyl groups is 1. The summed E-state index contributed by atoms with van der Waals surface area (Å²) < 4.78 is 0. The standard InChI is InChI=1S/C16H31NO/c1-11(2)14-7-8-16(18)15(10-14)17-9-5-6-12(3)13(17)4/h11-16,18H,5-10H2,1-4H3. The van der Waals surface area contributed by atoms with Gasteiger partial charge in [0.2, 0.25) is 0 Å². The van der Waals surface area contributed by atoms with E-state index >= 15 is 0 Å². The first-order valence-corrected chi connectivity index (χ1v) is 7.94. The van der Waals surface area contributed by atoms with E-state index in [1.54, 1.807) is 0 Å². The summed E-state index contributed by atoms with van der Waals surface area (Å²) >= 11 is 0. The first-order chi connectivity index (χ1) is 8.50. The highest BCUT2D eigenvalue weighted by atomic mass is 16.3. The highest BCUT2D eigenvalue weighted by Crippen LogP contribution is 2.36. The van der Waals surface area contributed by atoms with Gasteiger partial charge in [0.05, 0.1) is 6.10 Å². The van der Waals surface area contributed by atoms with Crippen molar-refractivity contribution in [2.24, 2.45) is 17.8 Å². The lowest BCUT2D eigenvalue weighted by molar-refractivity contribution is -0.0420. The molecule has 2 fully saturated rings. The minimum atomic E-state index is -0.0900. The molecule has 0 radical (unpaired) electrons. The van der Waals surface area contributed by atoms with Crippen LogP contribution in [0.4, 0.5) is 0 Å². The van der Waals surface area contributed by atoms with Gasteiger partial charge in [0.15, 0.2) is 0 Å². The van der Waals surface area contributed by atoms with Gasteiger partial charge in [0.1, 0.15) is 0 Å². The summed E-state index contributed by atoms with van der Waals surface area (Å²) in [7, 11) is 0. The first-order valence-electron chi connectivity index (χ1n) is 7.94. The van der Waals surface area contributed by atoms with Crippen molar-refractivity contribution in [2.45, 2.75) is 78.0 Å². The molecule has 0 spiro atoms. The lowest BCUT2D eigenvalue weighted by Gasteiger charge is -2.48. The van der Waals surface area contributed by atoms with E-state index in [-0.39, 0.29) is 6.10 Å². The molecule has 0 aromatic carbocycles. The van der Waals surface area contributed by atoms with E-state index in [9.17, 15) is 5.11 Å². The third-order valence-corrected chi connectivity index (χ3v) is 5.61. The van der Waals surface area contributed by atoms with Crippen molar-refractivity contribution in [1.29, 1.82) is 0 Å². The lowest BCUT2D eigenvalue weighted by Crippen LogP contribution is -2.55. The van der Waals surface area contributed by atoms with Gasteiger partial charge >= 0.3 is 0 Å². The second-order valence-electron chi connectivity index (χ2n) is 7.05. The molecular weight excluding hydrogens is 222 g/mol. The minimum Gasteiger partial charge on any atom is -0.391 e. The van der Waals surface area contributed by atoms with E-state index in [1.807, 2.05) is 0 Å². The van der Waals surface area contributed by atoms with E-state index < -0.39 is 0 Å². The summed E-state index contributed by atoms with van der Waals surface area (Å²) in [5.74, 6) is 2.35. The molecular formula is C16H31NO. The fourth-order valence-electron chi connectivity index (χ4n) is 3.96. The summed E-state index contributed by atoms with van der Waals surface area (Å²) in [4.78, 5) is 2.62. The molecule has 2 rings (SSSR count). The first kappa shape index (κ1) is 14.3. The number of aliphatic hydroxyl groups excluding tert-OH is 1. The van der Waals surface area contributed by atoms with Crippen LogP contribution in [0.1, 0.15) is 59.8 Å². The molecule has 1 saturated heterocycles. The van der Waals surface area contributed by atoms with Crippen molar-refractivity contribution in [3.8, 4) is 0 Å².